The molecule has 3 rings (SSSR count). The predicted molar refractivity (Wildman–Crippen MR) is 96.1 cm³/mol. The van der Waals surface area contributed by atoms with E-state index in [4.69, 9.17) is 4.98 Å². The maximum atomic E-state index is 13.0. The quantitative estimate of drug-likeness (QED) is 0.845. The molecule has 5 nitrogen and oxygen atoms in total. The fourth-order valence-electron chi connectivity index (χ4n) is 3.10. The maximum absolute atomic E-state index is 13.0. The molecule has 2 aromatic rings. The predicted octanol–water partition coefficient (Wildman–Crippen LogP) is 3.95. The molecule has 1 aliphatic rings. The number of hydrogen-bond donors (Lipinski definition) is 0. The molecule has 0 bridgehead atoms. The number of thiazole rings is 1. The smallest absolute Gasteiger partial charge is 0.247 e. The molecule has 0 N–H and O–H groups in total. The van der Waals surface area contributed by atoms with E-state index in [9.17, 15) is 4.79 Å². The standard InChI is InChI=1S/C18H26N4OS/c1-13(22-11-7-9-19-22)17(23)21-10-6-5-8-14(21)16-20-15(12-24-16)18(2,3)4/h7,9,11-14H,5-6,8,10H2,1-4H3/t13-,14-/m0/s1. The summed E-state index contributed by atoms with van der Waals surface area (Å²) < 4.78 is 1.73. The fraction of sp³-hybridized carbons (Fsp3) is 0.611. The molecule has 0 radical (unpaired) electrons. The first-order valence-electron chi connectivity index (χ1n) is 8.63. The summed E-state index contributed by atoms with van der Waals surface area (Å²) in [4.78, 5) is 19.9. The molecule has 1 amide bonds. The van der Waals surface area contributed by atoms with Crippen molar-refractivity contribution in [2.24, 2.45) is 0 Å². The van der Waals surface area contributed by atoms with Crippen LogP contribution in [0.4, 0.5) is 0 Å². The van der Waals surface area contributed by atoms with Crippen LogP contribution in [0.1, 0.15) is 69.7 Å². The Morgan fingerprint density at radius 2 is 2.17 bits per heavy atom. The van der Waals surface area contributed by atoms with Crippen molar-refractivity contribution in [3.8, 4) is 0 Å². The van der Waals surface area contributed by atoms with Gasteiger partial charge in [0.2, 0.25) is 5.91 Å². The number of likely N-dealkylation sites (tertiary alicyclic amines) is 1. The zero-order valence-electron chi connectivity index (χ0n) is 14.9. The van der Waals surface area contributed by atoms with Crippen LogP contribution >= 0.6 is 11.3 Å². The van der Waals surface area contributed by atoms with E-state index in [-0.39, 0.29) is 23.4 Å². The van der Waals surface area contributed by atoms with E-state index in [2.05, 4.69) is 31.2 Å². The van der Waals surface area contributed by atoms with E-state index in [1.54, 1.807) is 22.2 Å². The van der Waals surface area contributed by atoms with Gasteiger partial charge in [-0.2, -0.15) is 5.10 Å². The third-order valence-corrected chi connectivity index (χ3v) is 5.59. The van der Waals surface area contributed by atoms with Gasteiger partial charge in [-0.05, 0) is 32.3 Å². The third-order valence-electron chi connectivity index (χ3n) is 4.64. The van der Waals surface area contributed by atoms with Crippen LogP contribution in [0.15, 0.2) is 23.8 Å². The summed E-state index contributed by atoms with van der Waals surface area (Å²) >= 11 is 1.69. The molecule has 2 atom stereocenters. The topological polar surface area (TPSA) is 51.0 Å². The second-order valence-electron chi connectivity index (χ2n) is 7.53. The maximum Gasteiger partial charge on any atom is 0.247 e. The summed E-state index contributed by atoms with van der Waals surface area (Å²) in [5.41, 5.74) is 1.15. The highest BCUT2D eigenvalue weighted by Crippen LogP contribution is 2.36. The Balaban J connectivity index is 1.83. The van der Waals surface area contributed by atoms with Gasteiger partial charge in [0.15, 0.2) is 0 Å². The highest BCUT2D eigenvalue weighted by atomic mass is 32.1. The van der Waals surface area contributed by atoms with E-state index in [1.807, 2.05) is 24.1 Å². The van der Waals surface area contributed by atoms with Crippen molar-refractivity contribution in [2.45, 2.75) is 64.5 Å². The summed E-state index contributed by atoms with van der Waals surface area (Å²) in [6.45, 7) is 9.25. The Morgan fingerprint density at radius 1 is 1.38 bits per heavy atom. The van der Waals surface area contributed by atoms with Crippen LogP contribution in [0.2, 0.25) is 0 Å². The van der Waals surface area contributed by atoms with Crippen molar-refractivity contribution < 1.29 is 4.79 Å². The molecule has 1 fully saturated rings. The van der Waals surface area contributed by atoms with E-state index in [0.717, 1.165) is 36.5 Å². The summed E-state index contributed by atoms with van der Waals surface area (Å²) in [7, 11) is 0. The van der Waals surface area contributed by atoms with Gasteiger partial charge in [-0.15, -0.1) is 11.3 Å². The Morgan fingerprint density at radius 3 is 2.79 bits per heavy atom. The summed E-state index contributed by atoms with van der Waals surface area (Å²) in [5, 5.41) is 7.43. The Hall–Kier alpha value is -1.69. The first-order chi connectivity index (χ1) is 11.4. The summed E-state index contributed by atoms with van der Waals surface area (Å²) in [5.74, 6) is 0.135. The number of carbonyl (C=O) groups excluding carboxylic acids is 1. The van der Waals surface area contributed by atoms with E-state index >= 15 is 0 Å². The van der Waals surface area contributed by atoms with Gasteiger partial charge in [0.25, 0.3) is 0 Å². The minimum atomic E-state index is -0.275. The average Bonchev–Trinajstić information content (AvgIpc) is 3.24. The molecule has 1 aliphatic heterocycles. The minimum Gasteiger partial charge on any atom is -0.331 e. The molecule has 3 heterocycles. The lowest BCUT2D eigenvalue weighted by atomic mass is 9.93. The van der Waals surface area contributed by atoms with Crippen molar-refractivity contribution >= 4 is 17.2 Å². The fourth-order valence-corrected chi connectivity index (χ4v) is 4.29. The number of carbonyl (C=O) groups is 1. The molecule has 0 saturated carbocycles. The van der Waals surface area contributed by atoms with Gasteiger partial charge in [0.05, 0.1) is 11.7 Å². The highest BCUT2D eigenvalue weighted by molar-refractivity contribution is 7.09. The molecule has 2 aromatic heterocycles. The van der Waals surface area contributed by atoms with Crippen LogP contribution in [-0.4, -0.2) is 32.1 Å². The van der Waals surface area contributed by atoms with Gasteiger partial charge >= 0.3 is 0 Å². The molecule has 24 heavy (non-hydrogen) atoms. The molecule has 0 aliphatic carbocycles. The average molecular weight is 346 g/mol. The Kier molecular flexibility index (Phi) is 4.76. The molecule has 6 heteroatoms. The van der Waals surface area contributed by atoms with E-state index < -0.39 is 0 Å². The van der Waals surface area contributed by atoms with Crippen molar-refractivity contribution in [1.82, 2.24) is 19.7 Å². The van der Waals surface area contributed by atoms with Crippen molar-refractivity contribution in [2.75, 3.05) is 6.54 Å². The molecule has 130 valence electrons. The molecule has 0 aromatic carbocycles. The van der Waals surface area contributed by atoms with Gasteiger partial charge in [0, 0.05) is 29.7 Å². The first-order valence-corrected chi connectivity index (χ1v) is 9.51. The second kappa shape index (κ2) is 6.67. The second-order valence-corrected chi connectivity index (χ2v) is 8.42. The van der Waals surface area contributed by atoms with Crippen molar-refractivity contribution in [1.29, 1.82) is 0 Å². The molecule has 0 unspecified atom stereocenters. The molecule has 1 saturated heterocycles. The van der Waals surface area contributed by atoms with Crippen LogP contribution in [0.3, 0.4) is 0 Å². The van der Waals surface area contributed by atoms with Crippen LogP contribution < -0.4 is 0 Å². The zero-order chi connectivity index (χ0) is 17.3. The van der Waals surface area contributed by atoms with Gasteiger partial charge in [0.1, 0.15) is 11.0 Å². The minimum absolute atomic E-state index is 0.0423. The van der Waals surface area contributed by atoms with Crippen LogP contribution in [0, 0.1) is 0 Å². The van der Waals surface area contributed by atoms with E-state index in [1.165, 1.54) is 0 Å². The number of aromatic nitrogens is 3. The SMILES string of the molecule is C[C@@H](C(=O)N1CCCC[C@H]1c1nc(C(C)(C)C)cs1)n1cccn1. The van der Waals surface area contributed by atoms with E-state index in [0.29, 0.717) is 0 Å². The highest BCUT2D eigenvalue weighted by Gasteiger charge is 2.33. The van der Waals surface area contributed by atoms with Crippen LogP contribution in [-0.2, 0) is 10.2 Å². The summed E-state index contributed by atoms with van der Waals surface area (Å²) in [6, 6.07) is 1.68. The lowest BCUT2D eigenvalue weighted by molar-refractivity contribution is -0.138. The monoisotopic (exact) mass is 346 g/mol. The van der Waals surface area contributed by atoms with Gasteiger partial charge in [-0.25, -0.2) is 4.98 Å². The Labute approximate surface area is 147 Å². The van der Waals surface area contributed by atoms with Gasteiger partial charge < -0.3 is 4.90 Å². The number of piperidine rings is 1. The first kappa shape index (κ1) is 17.1. The largest absolute Gasteiger partial charge is 0.331 e. The summed E-state index contributed by atoms with van der Waals surface area (Å²) in [6.07, 6.45) is 6.77. The number of rotatable bonds is 3. The zero-order valence-corrected chi connectivity index (χ0v) is 15.7. The molecular weight excluding hydrogens is 320 g/mol. The number of nitrogens with zero attached hydrogens (tertiary/aromatic N) is 4. The van der Waals surface area contributed by atoms with Crippen molar-refractivity contribution in [3.63, 3.8) is 0 Å². The Bertz CT molecular complexity index is 686. The molecular formula is C18H26N4OS. The third kappa shape index (κ3) is 3.38. The molecule has 0 spiro atoms. The van der Waals surface area contributed by atoms with Crippen molar-refractivity contribution in [3.05, 3.63) is 34.5 Å². The van der Waals surface area contributed by atoms with Crippen LogP contribution in [0.25, 0.3) is 0 Å². The van der Waals surface area contributed by atoms with Gasteiger partial charge in [-0.1, -0.05) is 20.8 Å². The number of amides is 1. The lowest BCUT2D eigenvalue weighted by Crippen LogP contribution is -2.42. The normalized spacial score (nSPS) is 20.2. The number of hydrogen-bond acceptors (Lipinski definition) is 4. The lowest BCUT2D eigenvalue weighted by Gasteiger charge is -2.36. The van der Waals surface area contributed by atoms with Crippen LogP contribution in [0.5, 0.6) is 0 Å². The van der Waals surface area contributed by atoms with Gasteiger partial charge in [-0.3, -0.25) is 9.48 Å².